The third-order valence-corrected chi connectivity index (χ3v) is 3.41. The highest BCUT2D eigenvalue weighted by molar-refractivity contribution is 5.94. The molecule has 22 heavy (non-hydrogen) atoms. The molecule has 0 atom stereocenters. The summed E-state index contributed by atoms with van der Waals surface area (Å²) in [5, 5.41) is 2.39. The van der Waals surface area contributed by atoms with E-state index in [0.29, 0.717) is 0 Å². The standard InChI is InChI=1S/C15H17F2NO4/c16-15(17)22-12-8-4-3-7-11(12)18-13(19)9-21-14(20)10-5-1-2-6-10/h3-4,7-8,10,15H,1-2,5-6,9H2,(H,18,19). The maximum absolute atomic E-state index is 12.3. The number of hydrogen-bond acceptors (Lipinski definition) is 4. The number of carbonyl (C=O) groups excluding carboxylic acids is 2. The Labute approximate surface area is 126 Å². The van der Waals surface area contributed by atoms with E-state index in [1.165, 1.54) is 18.2 Å². The Morgan fingerprint density at radius 1 is 1.23 bits per heavy atom. The van der Waals surface area contributed by atoms with E-state index in [1.54, 1.807) is 6.07 Å². The predicted molar refractivity (Wildman–Crippen MR) is 74.6 cm³/mol. The number of ether oxygens (including phenoxy) is 2. The third-order valence-electron chi connectivity index (χ3n) is 3.41. The highest BCUT2D eigenvalue weighted by Crippen LogP contribution is 2.26. The van der Waals surface area contributed by atoms with E-state index in [2.05, 4.69) is 10.1 Å². The van der Waals surface area contributed by atoms with Gasteiger partial charge in [-0.2, -0.15) is 8.78 Å². The van der Waals surface area contributed by atoms with E-state index in [1.807, 2.05) is 0 Å². The number of nitrogens with one attached hydrogen (secondary N) is 1. The minimum Gasteiger partial charge on any atom is -0.455 e. The molecule has 2 rings (SSSR count). The number of halogens is 2. The molecule has 1 N–H and O–H groups in total. The van der Waals surface area contributed by atoms with Crippen molar-refractivity contribution >= 4 is 17.6 Å². The summed E-state index contributed by atoms with van der Waals surface area (Å²) in [5.74, 6) is -1.27. The topological polar surface area (TPSA) is 64.6 Å². The summed E-state index contributed by atoms with van der Waals surface area (Å²) < 4.78 is 33.8. The number of hydrogen-bond donors (Lipinski definition) is 1. The van der Waals surface area contributed by atoms with Crippen LogP contribution in [0.4, 0.5) is 14.5 Å². The van der Waals surface area contributed by atoms with E-state index < -0.39 is 19.1 Å². The SMILES string of the molecule is O=C(COC(=O)C1CCCC1)Nc1ccccc1OC(F)F. The van der Waals surface area contributed by atoms with Crippen molar-refractivity contribution < 1.29 is 27.8 Å². The molecule has 0 aliphatic heterocycles. The second-order valence-electron chi connectivity index (χ2n) is 5.01. The molecule has 0 aromatic heterocycles. The molecule has 120 valence electrons. The fourth-order valence-electron chi connectivity index (χ4n) is 2.37. The van der Waals surface area contributed by atoms with E-state index in [4.69, 9.17) is 4.74 Å². The van der Waals surface area contributed by atoms with Crippen LogP contribution in [0.15, 0.2) is 24.3 Å². The second kappa shape index (κ2) is 7.72. The summed E-state index contributed by atoms with van der Waals surface area (Å²) in [6.07, 6.45) is 3.55. The van der Waals surface area contributed by atoms with Crippen LogP contribution in [0.25, 0.3) is 0 Å². The van der Waals surface area contributed by atoms with Crippen molar-refractivity contribution in [2.24, 2.45) is 5.92 Å². The summed E-state index contributed by atoms with van der Waals surface area (Å²) in [7, 11) is 0. The number of carbonyl (C=O) groups is 2. The zero-order chi connectivity index (χ0) is 15.9. The van der Waals surface area contributed by atoms with Crippen LogP contribution >= 0.6 is 0 Å². The molecule has 1 saturated carbocycles. The van der Waals surface area contributed by atoms with Crippen LogP contribution in [0.3, 0.4) is 0 Å². The summed E-state index contributed by atoms with van der Waals surface area (Å²) in [6.45, 7) is -3.43. The molecule has 1 aromatic rings. The Balaban J connectivity index is 1.85. The van der Waals surface area contributed by atoms with E-state index in [0.717, 1.165) is 25.7 Å². The summed E-state index contributed by atoms with van der Waals surface area (Å²) in [6, 6.07) is 5.81. The Hall–Kier alpha value is -2.18. The van der Waals surface area contributed by atoms with Gasteiger partial charge in [-0.05, 0) is 25.0 Å². The summed E-state index contributed by atoms with van der Waals surface area (Å²) in [5.41, 5.74) is 0.102. The number of anilines is 1. The molecular weight excluding hydrogens is 296 g/mol. The molecule has 0 unspecified atom stereocenters. The first kappa shape index (κ1) is 16.2. The molecular formula is C15H17F2NO4. The van der Waals surface area contributed by atoms with Gasteiger partial charge in [0.1, 0.15) is 5.75 Å². The summed E-state index contributed by atoms with van der Waals surface area (Å²) >= 11 is 0. The molecule has 1 aliphatic rings. The highest BCUT2D eigenvalue weighted by Gasteiger charge is 2.24. The zero-order valence-electron chi connectivity index (χ0n) is 11.9. The lowest BCUT2D eigenvalue weighted by Gasteiger charge is -2.12. The van der Waals surface area contributed by atoms with Gasteiger partial charge >= 0.3 is 12.6 Å². The quantitative estimate of drug-likeness (QED) is 0.820. The lowest BCUT2D eigenvalue weighted by Crippen LogP contribution is -2.24. The van der Waals surface area contributed by atoms with Gasteiger partial charge in [0.15, 0.2) is 6.61 Å². The largest absolute Gasteiger partial charge is 0.455 e. The van der Waals surface area contributed by atoms with E-state index in [9.17, 15) is 18.4 Å². The van der Waals surface area contributed by atoms with Gasteiger partial charge in [-0.3, -0.25) is 9.59 Å². The molecule has 5 nitrogen and oxygen atoms in total. The van der Waals surface area contributed by atoms with Gasteiger partial charge < -0.3 is 14.8 Å². The van der Waals surface area contributed by atoms with E-state index >= 15 is 0 Å². The lowest BCUT2D eigenvalue weighted by molar-refractivity contribution is -0.151. The molecule has 0 heterocycles. The molecule has 1 aromatic carbocycles. The van der Waals surface area contributed by atoms with Crippen molar-refractivity contribution in [2.75, 3.05) is 11.9 Å². The molecule has 0 saturated heterocycles. The van der Waals surface area contributed by atoms with Crippen LogP contribution in [-0.2, 0) is 14.3 Å². The molecule has 1 amide bonds. The van der Waals surface area contributed by atoms with Crippen LogP contribution in [0.5, 0.6) is 5.75 Å². The van der Waals surface area contributed by atoms with Crippen molar-refractivity contribution in [3.8, 4) is 5.75 Å². The predicted octanol–water partition coefficient (Wildman–Crippen LogP) is 2.96. The van der Waals surface area contributed by atoms with Gasteiger partial charge in [0.2, 0.25) is 0 Å². The van der Waals surface area contributed by atoms with Crippen LogP contribution in [0.2, 0.25) is 0 Å². The van der Waals surface area contributed by atoms with Gasteiger partial charge in [0.25, 0.3) is 5.91 Å². The molecule has 1 fully saturated rings. The summed E-state index contributed by atoms with van der Waals surface area (Å²) in [4.78, 5) is 23.4. The van der Waals surface area contributed by atoms with Gasteiger partial charge in [0.05, 0.1) is 11.6 Å². The van der Waals surface area contributed by atoms with Crippen molar-refractivity contribution in [2.45, 2.75) is 32.3 Å². The fraction of sp³-hybridized carbons (Fsp3) is 0.467. The monoisotopic (exact) mass is 313 g/mol. The second-order valence-corrected chi connectivity index (χ2v) is 5.01. The van der Waals surface area contributed by atoms with Gasteiger partial charge in [-0.25, -0.2) is 0 Å². The van der Waals surface area contributed by atoms with Crippen LogP contribution in [0, 0.1) is 5.92 Å². The molecule has 1 aliphatic carbocycles. The highest BCUT2D eigenvalue weighted by atomic mass is 19.3. The van der Waals surface area contributed by atoms with Crippen LogP contribution in [0.1, 0.15) is 25.7 Å². The first-order chi connectivity index (χ1) is 10.6. The molecule has 0 radical (unpaired) electrons. The normalized spacial score (nSPS) is 14.9. The number of amides is 1. The van der Waals surface area contributed by atoms with Crippen molar-refractivity contribution in [1.29, 1.82) is 0 Å². The Morgan fingerprint density at radius 2 is 1.91 bits per heavy atom. The Bertz CT molecular complexity index is 530. The molecule has 7 heteroatoms. The number of benzene rings is 1. The van der Waals surface area contributed by atoms with Gasteiger partial charge in [-0.1, -0.05) is 25.0 Å². The van der Waals surface area contributed by atoms with Crippen molar-refractivity contribution in [3.63, 3.8) is 0 Å². The van der Waals surface area contributed by atoms with Crippen LogP contribution < -0.4 is 10.1 Å². The van der Waals surface area contributed by atoms with Gasteiger partial charge in [0, 0.05) is 0 Å². The smallest absolute Gasteiger partial charge is 0.387 e. The van der Waals surface area contributed by atoms with Crippen molar-refractivity contribution in [1.82, 2.24) is 0 Å². The number of para-hydroxylation sites is 2. The maximum atomic E-state index is 12.3. The minimum absolute atomic E-state index is 0.102. The maximum Gasteiger partial charge on any atom is 0.387 e. The average molecular weight is 313 g/mol. The lowest BCUT2D eigenvalue weighted by atomic mass is 10.1. The fourth-order valence-corrected chi connectivity index (χ4v) is 2.37. The average Bonchev–Trinajstić information content (AvgIpc) is 3.00. The first-order valence-electron chi connectivity index (χ1n) is 7.06. The zero-order valence-corrected chi connectivity index (χ0v) is 11.9. The number of alkyl halides is 2. The first-order valence-corrected chi connectivity index (χ1v) is 7.06. The Kier molecular flexibility index (Phi) is 5.68. The van der Waals surface area contributed by atoms with Gasteiger partial charge in [-0.15, -0.1) is 0 Å². The molecule has 0 bridgehead atoms. The van der Waals surface area contributed by atoms with E-state index in [-0.39, 0.29) is 23.3 Å². The molecule has 0 spiro atoms. The number of esters is 1. The van der Waals surface area contributed by atoms with Crippen LogP contribution in [-0.4, -0.2) is 25.1 Å². The van der Waals surface area contributed by atoms with Crippen molar-refractivity contribution in [3.05, 3.63) is 24.3 Å². The minimum atomic E-state index is -2.99. The number of rotatable bonds is 6. The Morgan fingerprint density at radius 3 is 2.59 bits per heavy atom. The third kappa shape index (κ3) is 4.68.